The number of nitrogens with one attached hydrogen (secondary N) is 1. The van der Waals surface area contributed by atoms with Crippen LogP contribution in [0.25, 0.3) is 6.08 Å². The number of phenols is 1. The number of thiocarbonyl (C=S) groups is 1. The number of rotatable bonds is 4. The first-order chi connectivity index (χ1) is 12.9. The number of amides is 2. The largest absolute Gasteiger partial charge is 0.504 e. The van der Waals surface area contributed by atoms with Gasteiger partial charge in [0.25, 0.3) is 11.8 Å². The maximum atomic E-state index is 13.5. The number of ether oxygens (including phenoxy) is 1. The summed E-state index contributed by atoms with van der Waals surface area (Å²) >= 11 is 5.07. The Kier molecular flexibility index (Phi) is 5.18. The van der Waals surface area contributed by atoms with Crippen LogP contribution in [0.15, 0.2) is 48.0 Å². The van der Waals surface area contributed by atoms with Gasteiger partial charge in [-0.25, -0.2) is 4.39 Å². The van der Waals surface area contributed by atoms with Crippen molar-refractivity contribution in [3.63, 3.8) is 0 Å². The van der Waals surface area contributed by atoms with E-state index in [-0.39, 0.29) is 27.9 Å². The van der Waals surface area contributed by atoms with E-state index in [1.54, 1.807) is 6.92 Å². The highest BCUT2D eigenvalue weighted by atomic mass is 32.1. The van der Waals surface area contributed by atoms with Gasteiger partial charge in [0.15, 0.2) is 16.6 Å². The number of halogens is 1. The molecule has 0 aliphatic carbocycles. The second-order valence-corrected chi connectivity index (χ2v) is 5.98. The van der Waals surface area contributed by atoms with Crippen molar-refractivity contribution in [1.29, 1.82) is 0 Å². The van der Waals surface area contributed by atoms with Gasteiger partial charge in [-0.1, -0.05) is 12.1 Å². The third kappa shape index (κ3) is 3.80. The molecule has 6 nitrogen and oxygen atoms in total. The van der Waals surface area contributed by atoms with Gasteiger partial charge in [-0.2, -0.15) is 0 Å². The third-order valence-corrected chi connectivity index (χ3v) is 4.05. The molecule has 1 saturated heterocycles. The van der Waals surface area contributed by atoms with Gasteiger partial charge in [0.1, 0.15) is 11.4 Å². The van der Waals surface area contributed by atoms with Gasteiger partial charge >= 0.3 is 0 Å². The first-order valence-corrected chi connectivity index (χ1v) is 8.44. The Morgan fingerprint density at radius 2 is 2.04 bits per heavy atom. The maximum Gasteiger partial charge on any atom is 0.270 e. The number of aromatic hydroxyl groups is 1. The quantitative estimate of drug-likeness (QED) is 0.480. The van der Waals surface area contributed by atoms with Gasteiger partial charge < -0.3 is 9.84 Å². The maximum absolute atomic E-state index is 13.5. The zero-order valence-corrected chi connectivity index (χ0v) is 15.0. The summed E-state index contributed by atoms with van der Waals surface area (Å²) in [5, 5.41) is 12.1. The molecule has 0 aromatic heterocycles. The molecule has 1 heterocycles. The van der Waals surface area contributed by atoms with Crippen molar-refractivity contribution in [1.82, 2.24) is 5.32 Å². The van der Waals surface area contributed by atoms with Gasteiger partial charge in [0.2, 0.25) is 0 Å². The number of nitrogens with zero attached hydrogens (tertiary/aromatic N) is 1. The number of anilines is 1. The number of hydrogen-bond acceptors (Lipinski definition) is 5. The summed E-state index contributed by atoms with van der Waals surface area (Å²) in [5.41, 5.74) is 0.499. The summed E-state index contributed by atoms with van der Waals surface area (Å²) in [5.74, 6) is -1.71. The van der Waals surface area contributed by atoms with Crippen molar-refractivity contribution in [3.05, 3.63) is 59.4 Å². The Balaban J connectivity index is 2.00. The predicted molar refractivity (Wildman–Crippen MR) is 102 cm³/mol. The molecule has 2 aromatic carbocycles. The average Bonchev–Trinajstić information content (AvgIpc) is 2.61. The van der Waals surface area contributed by atoms with Crippen LogP contribution in [0, 0.1) is 5.82 Å². The van der Waals surface area contributed by atoms with Crippen LogP contribution >= 0.6 is 12.2 Å². The molecule has 2 aromatic rings. The summed E-state index contributed by atoms with van der Waals surface area (Å²) in [7, 11) is 0. The summed E-state index contributed by atoms with van der Waals surface area (Å²) in [6.07, 6.45) is 1.35. The Morgan fingerprint density at radius 3 is 2.74 bits per heavy atom. The van der Waals surface area contributed by atoms with Gasteiger partial charge in [0, 0.05) is 0 Å². The summed E-state index contributed by atoms with van der Waals surface area (Å²) < 4.78 is 18.8. The van der Waals surface area contributed by atoms with Crippen molar-refractivity contribution < 1.29 is 23.8 Å². The standard InChI is InChI=1S/C19H15FN2O4S/c1-2-26-16-9-11(6-7-15(16)23)8-14-17(24)21-19(27)22(18(14)25)13-5-3-4-12(20)10-13/h3-10,23H,2H2,1H3,(H,21,24,27)/b14-8-. The van der Waals surface area contributed by atoms with E-state index < -0.39 is 17.6 Å². The van der Waals surface area contributed by atoms with Crippen LogP contribution in [-0.2, 0) is 9.59 Å². The molecule has 1 fully saturated rings. The Bertz CT molecular complexity index is 974. The van der Waals surface area contributed by atoms with E-state index >= 15 is 0 Å². The highest BCUT2D eigenvalue weighted by Gasteiger charge is 2.34. The molecule has 0 radical (unpaired) electrons. The molecule has 0 atom stereocenters. The van der Waals surface area contributed by atoms with Crippen LogP contribution in [0.2, 0.25) is 0 Å². The van der Waals surface area contributed by atoms with Crippen LogP contribution in [0.4, 0.5) is 10.1 Å². The van der Waals surface area contributed by atoms with Gasteiger partial charge in [0.05, 0.1) is 12.3 Å². The van der Waals surface area contributed by atoms with E-state index in [9.17, 15) is 19.1 Å². The average molecular weight is 386 g/mol. The van der Waals surface area contributed by atoms with E-state index in [0.717, 1.165) is 11.0 Å². The molecule has 1 aliphatic rings. The Hall–Kier alpha value is -3.26. The van der Waals surface area contributed by atoms with Crippen LogP contribution in [0.5, 0.6) is 11.5 Å². The predicted octanol–water partition coefficient (Wildman–Crippen LogP) is 2.76. The topological polar surface area (TPSA) is 78.9 Å². The van der Waals surface area contributed by atoms with Crippen LogP contribution < -0.4 is 15.0 Å². The second kappa shape index (κ2) is 7.55. The SMILES string of the molecule is CCOc1cc(/C=C2/C(=O)NC(=S)N(c3cccc(F)c3)C2=O)ccc1O. The Labute approximate surface area is 159 Å². The fourth-order valence-electron chi connectivity index (χ4n) is 2.57. The minimum absolute atomic E-state index is 0.0546. The molecule has 0 unspecified atom stereocenters. The monoisotopic (exact) mass is 386 g/mol. The fraction of sp³-hybridized carbons (Fsp3) is 0.105. The van der Waals surface area contributed by atoms with Crippen molar-refractivity contribution in [3.8, 4) is 11.5 Å². The molecule has 2 amide bonds. The summed E-state index contributed by atoms with van der Waals surface area (Å²) in [4.78, 5) is 26.2. The van der Waals surface area contributed by atoms with Gasteiger partial charge in [-0.3, -0.25) is 19.8 Å². The van der Waals surface area contributed by atoms with Crippen LogP contribution in [0.1, 0.15) is 12.5 Å². The lowest BCUT2D eigenvalue weighted by molar-refractivity contribution is -0.122. The zero-order chi connectivity index (χ0) is 19.6. The van der Waals surface area contributed by atoms with E-state index in [0.29, 0.717) is 12.2 Å². The number of benzene rings is 2. The van der Waals surface area contributed by atoms with Crippen molar-refractivity contribution in [2.75, 3.05) is 11.5 Å². The molecule has 1 aliphatic heterocycles. The molecule has 0 saturated carbocycles. The third-order valence-electron chi connectivity index (χ3n) is 3.76. The lowest BCUT2D eigenvalue weighted by atomic mass is 10.1. The highest BCUT2D eigenvalue weighted by Crippen LogP contribution is 2.29. The fourth-order valence-corrected chi connectivity index (χ4v) is 2.85. The van der Waals surface area contributed by atoms with E-state index in [1.807, 2.05) is 0 Å². The molecule has 138 valence electrons. The normalized spacial score (nSPS) is 15.9. The number of hydrogen-bond donors (Lipinski definition) is 2. The molecular weight excluding hydrogens is 371 g/mol. The van der Waals surface area contributed by atoms with E-state index in [1.165, 1.54) is 42.5 Å². The number of carbonyl (C=O) groups excluding carboxylic acids is 2. The molecule has 0 bridgehead atoms. The van der Waals surface area contributed by atoms with Crippen LogP contribution in [-0.4, -0.2) is 28.6 Å². The van der Waals surface area contributed by atoms with Crippen molar-refractivity contribution >= 4 is 40.9 Å². The first-order valence-electron chi connectivity index (χ1n) is 8.03. The molecule has 0 spiro atoms. The number of carbonyl (C=O) groups is 2. The molecule has 2 N–H and O–H groups in total. The van der Waals surface area contributed by atoms with E-state index in [2.05, 4.69) is 5.32 Å². The molecule has 3 rings (SSSR count). The Morgan fingerprint density at radius 1 is 1.26 bits per heavy atom. The molecule has 27 heavy (non-hydrogen) atoms. The van der Waals surface area contributed by atoms with Crippen molar-refractivity contribution in [2.45, 2.75) is 6.92 Å². The zero-order valence-electron chi connectivity index (χ0n) is 14.2. The minimum Gasteiger partial charge on any atom is -0.504 e. The lowest BCUT2D eigenvalue weighted by Crippen LogP contribution is -2.54. The molecule has 8 heteroatoms. The van der Waals surface area contributed by atoms with Gasteiger partial charge in [-0.05, 0) is 61.1 Å². The lowest BCUT2D eigenvalue weighted by Gasteiger charge is -2.28. The molecular formula is C19H15FN2O4S. The first kappa shape index (κ1) is 18.5. The van der Waals surface area contributed by atoms with E-state index in [4.69, 9.17) is 17.0 Å². The van der Waals surface area contributed by atoms with Crippen molar-refractivity contribution in [2.24, 2.45) is 0 Å². The summed E-state index contributed by atoms with van der Waals surface area (Å²) in [6.45, 7) is 2.11. The van der Waals surface area contributed by atoms with Gasteiger partial charge in [-0.15, -0.1) is 0 Å². The summed E-state index contributed by atoms with van der Waals surface area (Å²) in [6, 6.07) is 9.77. The second-order valence-electron chi connectivity index (χ2n) is 5.60. The highest BCUT2D eigenvalue weighted by molar-refractivity contribution is 7.80. The smallest absolute Gasteiger partial charge is 0.270 e. The number of phenolic OH excluding ortho intramolecular Hbond substituents is 1. The minimum atomic E-state index is -0.680. The van der Waals surface area contributed by atoms with Crippen LogP contribution in [0.3, 0.4) is 0 Å².